The fraction of sp³-hybridized carbons (Fsp3) is 0.267. The first kappa shape index (κ1) is 14.8. The second-order valence-electron chi connectivity index (χ2n) is 5.03. The predicted molar refractivity (Wildman–Crippen MR) is 80.4 cm³/mol. The van der Waals surface area contributed by atoms with E-state index in [9.17, 15) is 14.7 Å². The molecular weight excluding hydrogens is 270 g/mol. The quantitative estimate of drug-likeness (QED) is 0.871. The number of aromatic carboxylic acids is 1. The Morgan fingerprint density at radius 1 is 1.33 bits per heavy atom. The number of para-hydroxylation sites is 1. The minimum atomic E-state index is -1.08. The largest absolute Gasteiger partial charge is 0.478 e. The fourth-order valence-corrected chi connectivity index (χ4v) is 2.28. The number of hydrogen-bond donors (Lipinski definition) is 2. The van der Waals surface area contributed by atoms with Crippen LogP contribution < -0.4 is 10.6 Å². The lowest BCUT2D eigenvalue weighted by molar-refractivity contribution is -0.116. The lowest BCUT2D eigenvalue weighted by atomic mass is 10.1. The highest BCUT2D eigenvalue weighted by Crippen LogP contribution is 2.30. The minimum absolute atomic E-state index is 0.0496. The van der Waals surface area contributed by atoms with Crippen molar-refractivity contribution in [3.63, 3.8) is 0 Å². The lowest BCUT2D eigenvalue weighted by Crippen LogP contribution is -2.39. The van der Waals surface area contributed by atoms with Gasteiger partial charge in [-0.1, -0.05) is 18.2 Å². The fourth-order valence-electron chi connectivity index (χ4n) is 2.28. The van der Waals surface area contributed by atoms with Crippen molar-refractivity contribution in [3.8, 4) is 0 Å². The zero-order chi connectivity index (χ0) is 15.6. The number of nitrogens with zero attached hydrogens (tertiary/aromatic N) is 2. The summed E-state index contributed by atoms with van der Waals surface area (Å²) in [5, 5.41) is 10.1. The number of hydrogen-bond acceptors (Lipinski definition) is 4. The lowest BCUT2D eigenvalue weighted by Gasteiger charge is -2.29. The molecule has 0 aliphatic rings. The van der Waals surface area contributed by atoms with E-state index in [-0.39, 0.29) is 18.2 Å². The summed E-state index contributed by atoms with van der Waals surface area (Å²) in [5.41, 5.74) is 6.50. The smallest absolute Gasteiger partial charge is 0.339 e. The maximum atomic E-state index is 11.5. The highest BCUT2D eigenvalue weighted by atomic mass is 16.4. The molecule has 0 unspecified atom stereocenters. The topological polar surface area (TPSA) is 96.5 Å². The van der Waals surface area contributed by atoms with Crippen LogP contribution in [0.4, 0.5) is 5.69 Å². The van der Waals surface area contributed by atoms with Gasteiger partial charge in [-0.2, -0.15) is 0 Å². The van der Waals surface area contributed by atoms with Gasteiger partial charge < -0.3 is 15.7 Å². The normalized spacial score (nSPS) is 10.8. The number of benzene rings is 1. The van der Waals surface area contributed by atoms with Gasteiger partial charge in [0.25, 0.3) is 0 Å². The summed E-state index contributed by atoms with van der Waals surface area (Å²) in [7, 11) is 0. The summed E-state index contributed by atoms with van der Waals surface area (Å²) in [5.74, 6) is -1.60. The third-order valence-corrected chi connectivity index (χ3v) is 3.21. The molecule has 0 saturated heterocycles. The summed E-state index contributed by atoms with van der Waals surface area (Å²) in [6, 6.07) is 7.14. The van der Waals surface area contributed by atoms with Gasteiger partial charge in [-0.05, 0) is 19.9 Å². The molecule has 2 rings (SSSR count). The molecule has 1 aromatic heterocycles. The van der Waals surface area contributed by atoms with Gasteiger partial charge in [0, 0.05) is 17.6 Å². The summed E-state index contributed by atoms with van der Waals surface area (Å²) in [4.78, 5) is 28.7. The summed E-state index contributed by atoms with van der Waals surface area (Å²) < 4.78 is 0. The molecule has 110 valence electrons. The second kappa shape index (κ2) is 5.78. The van der Waals surface area contributed by atoms with E-state index in [0.717, 1.165) is 0 Å². The maximum Gasteiger partial charge on any atom is 0.339 e. The van der Waals surface area contributed by atoms with E-state index in [2.05, 4.69) is 4.98 Å². The van der Waals surface area contributed by atoms with E-state index in [4.69, 9.17) is 5.73 Å². The van der Waals surface area contributed by atoms with E-state index in [1.165, 1.54) is 6.20 Å². The van der Waals surface area contributed by atoms with Crippen molar-refractivity contribution in [1.29, 1.82) is 0 Å². The van der Waals surface area contributed by atoms with Gasteiger partial charge in [0.2, 0.25) is 5.91 Å². The van der Waals surface area contributed by atoms with Crippen LogP contribution in [-0.4, -0.2) is 34.6 Å². The van der Waals surface area contributed by atoms with Crippen molar-refractivity contribution in [2.75, 3.05) is 11.4 Å². The van der Waals surface area contributed by atoms with Crippen LogP contribution in [0.3, 0.4) is 0 Å². The summed E-state index contributed by atoms with van der Waals surface area (Å²) in [6.07, 6.45) is 1.32. The average molecular weight is 287 g/mol. The number of aromatic nitrogens is 1. The number of carboxylic acid groups (broad SMARTS) is 1. The van der Waals surface area contributed by atoms with Crippen LogP contribution >= 0.6 is 0 Å². The van der Waals surface area contributed by atoms with Crippen LogP contribution in [0.1, 0.15) is 24.2 Å². The van der Waals surface area contributed by atoms with E-state index in [0.29, 0.717) is 16.6 Å². The first-order valence-corrected chi connectivity index (χ1v) is 6.57. The molecular formula is C15H17N3O3. The van der Waals surface area contributed by atoms with Crippen LogP contribution in [0.25, 0.3) is 10.9 Å². The first-order valence-electron chi connectivity index (χ1n) is 6.57. The van der Waals surface area contributed by atoms with E-state index >= 15 is 0 Å². The highest BCUT2D eigenvalue weighted by Gasteiger charge is 2.23. The van der Waals surface area contributed by atoms with Gasteiger partial charge in [0.15, 0.2) is 0 Å². The van der Waals surface area contributed by atoms with Crippen LogP contribution in [0.5, 0.6) is 0 Å². The van der Waals surface area contributed by atoms with Crippen molar-refractivity contribution in [1.82, 2.24) is 4.98 Å². The molecule has 0 aliphatic carbocycles. The Labute approximate surface area is 122 Å². The SMILES string of the molecule is CC(C)N(CC(N)=O)c1c(C(=O)O)cnc2ccccc12. The van der Waals surface area contributed by atoms with Crippen LogP contribution in [0.2, 0.25) is 0 Å². The number of carbonyl (C=O) groups is 2. The number of carboxylic acids is 1. The zero-order valence-corrected chi connectivity index (χ0v) is 11.9. The number of carbonyl (C=O) groups excluding carboxylic acids is 1. The Hall–Kier alpha value is -2.63. The van der Waals surface area contributed by atoms with Crippen molar-refractivity contribution in [2.24, 2.45) is 5.73 Å². The standard InChI is InChI=1S/C15H17N3O3/c1-9(2)18(8-13(16)19)14-10-5-3-4-6-12(10)17-7-11(14)15(20)21/h3-7,9H,8H2,1-2H3,(H2,16,19)(H,20,21). The van der Waals surface area contributed by atoms with Gasteiger partial charge in [-0.3, -0.25) is 9.78 Å². The minimum Gasteiger partial charge on any atom is -0.478 e. The molecule has 0 radical (unpaired) electrons. The summed E-state index contributed by atoms with van der Waals surface area (Å²) >= 11 is 0. The molecule has 1 heterocycles. The van der Waals surface area contributed by atoms with E-state index in [1.54, 1.807) is 17.0 Å². The average Bonchev–Trinajstić information content (AvgIpc) is 2.43. The molecule has 1 aromatic carbocycles. The molecule has 0 saturated carbocycles. The number of nitrogens with two attached hydrogens (primary N) is 1. The van der Waals surface area contributed by atoms with Crippen molar-refractivity contribution in [2.45, 2.75) is 19.9 Å². The van der Waals surface area contributed by atoms with E-state index < -0.39 is 11.9 Å². The van der Waals surface area contributed by atoms with Gasteiger partial charge in [-0.25, -0.2) is 4.79 Å². The second-order valence-corrected chi connectivity index (χ2v) is 5.03. The molecule has 0 fully saturated rings. The highest BCUT2D eigenvalue weighted by molar-refractivity contribution is 6.05. The number of pyridine rings is 1. The Balaban J connectivity index is 2.75. The predicted octanol–water partition coefficient (Wildman–Crippen LogP) is 1.63. The van der Waals surface area contributed by atoms with Gasteiger partial charge in [-0.15, -0.1) is 0 Å². The molecule has 21 heavy (non-hydrogen) atoms. The maximum absolute atomic E-state index is 11.5. The number of amides is 1. The molecule has 0 spiro atoms. The Morgan fingerprint density at radius 3 is 2.57 bits per heavy atom. The molecule has 0 bridgehead atoms. The molecule has 2 aromatic rings. The van der Waals surface area contributed by atoms with Crippen molar-refractivity contribution < 1.29 is 14.7 Å². The Bertz CT molecular complexity index is 698. The number of rotatable bonds is 5. The Morgan fingerprint density at radius 2 is 2.00 bits per heavy atom. The molecule has 3 N–H and O–H groups in total. The number of fused-ring (bicyclic) bond motifs is 1. The van der Waals surface area contributed by atoms with Crippen molar-refractivity contribution in [3.05, 3.63) is 36.0 Å². The summed E-state index contributed by atoms with van der Waals surface area (Å²) in [6.45, 7) is 3.71. The van der Waals surface area contributed by atoms with Crippen molar-refractivity contribution >= 4 is 28.5 Å². The van der Waals surface area contributed by atoms with E-state index in [1.807, 2.05) is 26.0 Å². The first-order chi connectivity index (χ1) is 9.91. The van der Waals surface area contributed by atoms with Gasteiger partial charge in [0.05, 0.1) is 17.7 Å². The molecule has 0 aliphatic heterocycles. The van der Waals surface area contributed by atoms with Gasteiger partial charge >= 0.3 is 5.97 Å². The molecule has 6 nitrogen and oxygen atoms in total. The number of primary amides is 1. The third-order valence-electron chi connectivity index (χ3n) is 3.21. The zero-order valence-electron chi connectivity index (χ0n) is 11.9. The van der Waals surface area contributed by atoms with Crippen LogP contribution in [0.15, 0.2) is 30.5 Å². The Kier molecular flexibility index (Phi) is 4.07. The molecule has 6 heteroatoms. The number of anilines is 1. The molecule has 0 atom stereocenters. The van der Waals surface area contributed by atoms with Gasteiger partial charge in [0.1, 0.15) is 5.56 Å². The third kappa shape index (κ3) is 2.94. The molecule has 1 amide bonds. The van der Waals surface area contributed by atoms with Crippen LogP contribution in [0, 0.1) is 0 Å². The van der Waals surface area contributed by atoms with Crippen LogP contribution in [-0.2, 0) is 4.79 Å². The monoisotopic (exact) mass is 287 g/mol.